The van der Waals surface area contributed by atoms with Gasteiger partial charge in [0.1, 0.15) is 5.75 Å². The number of carbonyl (C=O) groups excluding carboxylic acids is 2. The second-order valence-corrected chi connectivity index (χ2v) is 10.6. The van der Waals surface area contributed by atoms with E-state index in [4.69, 9.17) is 4.74 Å². The largest absolute Gasteiger partial charge is 0.479 e. The predicted octanol–water partition coefficient (Wildman–Crippen LogP) is 2.27. The molecule has 2 aliphatic heterocycles. The van der Waals surface area contributed by atoms with Gasteiger partial charge in [0, 0.05) is 49.3 Å². The number of ether oxygens (including phenoxy) is 1. The molecule has 0 radical (unpaired) electrons. The molecule has 1 saturated heterocycles. The molecule has 178 valence electrons. The lowest BCUT2D eigenvalue weighted by molar-refractivity contribution is -0.131. The predicted molar refractivity (Wildman–Crippen MR) is 127 cm³/mol. The zero-order chi connectivity index (χ0) is 24.0. The van der Waals surface area contributed by atoms with E-state index in [0.717, 1.165) is 16.5 Å². The van der Waals surface area contributed by atoms with Crippen molar-refractivity contribution in [2.75, 3.05) is 31.5 Å². The van der Waals surface area contributed by atoms with Crippen molar-refractivity contribution in [3.8, 4) is 5.75 Å². The Morgan fingerprint density at radius 3 is 2.65 bits per heavy atom. The number of rotatable bonds is 4. The molecule has 0 aliphatic carbocycles. The first-order chi connectivity index (χ1) is 16.2. The molecule has 2 amide bonds. The number of benzene rings is 2. The number of para-hydroxylation sites is 1. The van der Waals surface area contributed by atoms with Crippen molar-refractivity contribution in [2.45, 2.75) is 31.3 Å². The average Bonchev–Trinajstić information content (AvgIpc) is 3.22. The van der Waals surface area contributed by atoms with E-state index in [0.29, 0.717) is 30.1 Å². The number of sulfonamides is 1. The molecule has 3 aromatic rings. The molecule has 1 atom stereocenters. The Morgan fingerprint density at radius 2 is 1.88 bits per heavy atom. The van der Waals surface area contributed by atoms with E-state index < -0.39 is 16.1 Å². The Labute approximate surface area is 197 Å². The minimum atomic E-state index is -3.79. The van der Waals surface area contributed by atoms with Crippen LogP contribution in [-0.4, -0.2) is 66.7 Å². The van der Waals surface area contributed by atoms with E-state index >= 15 is 0 Å². The Balaban J connectivity index is 1.28. The average molecular weight is 483 g/mol. The van der Waals surface area contributed by atoms with Gasteiger partial charge in [-0.15, -0.1) is 0 Å². The summed E-state index contributed by atoms with van der Waals surface area (Å²) in [6.45, 7) is 4.39. The molecule has 0 bridgehead atoms. The summed E-state index contributed by atoms with van der Waals surface area (Å²) in [5, 5.41) is 3.76. The van der Waals surface area contributed by atoms with E-state index in [-0.39, 0.29) is 36.2 Å². The zero-order valence-electron chi connectivity index (χ0n) is 19.0. The minimum Gasteiger partial charge on any atom is -0.479 e. The number of amides is 2. The van der Waals surface area contributed by atoms with Crippen molar-refractivity contribution in [1.82, 2.24) is 14.2 Å². The van der Waals surface area contributed by atoms with E-state index in [1.54, 1.807) is 24.8 Å². The standard InChI is InChI=1S/C24H26N4O5S/c1-15-11-20-21(33-16(2)24(30)26-20)13-22(15)34(31,32)28-9-7-27(8-10-28)23(29)12-17-14-25-19-6-4-3-5-18(17)19/h3-6,11,13-14,16,25H,7-10,12H2,1-2H3,(H,26,30)/t16-/m1/s1. The van der Waals surface area contributed by atoms with Gasteiger partial charge in [0.2, 0.25) is 15.9 Å². The molecule has 1 aromatic heterocycles. The van der Waals surface area contributed by atoms with Crippen LogP contribution in [0.4, 0.5) is 5.69 Å². The van der Waals surface area contributed by atoms with Crippen LogP contribution in [0.2, 0.25) is 0 Å². The normalized spacial score (nSPS) is 18.9. The van der Waals surface area contributed by atoms with Crippen LogP contribution in [-0.2, 0) is 26.0 Å². The Kier molecular flexibility index (Phi) is 5.57. The molecule has 1 fully saturated rings. The Bertz CT molecular complexity index is 1390. The third kappa shape index (κ3) is 3.92. The van der Waals surface area contributed by atoms with Crippen LogP contribution in [0.3, 0.4) is 0 Å². The molecule has 2 N–H and O–H groups in total. The molecule has 2 aromatic carbocycles. The molecule has 3 heterocycles. The summed E-state index contributed by atoms with van der Waals surface area (Å²) in [5.41, 5.74) is 2.91. The number of piperazine rings is 1. The van der Waals surface area contributed by atoms with Crippen LogP contribution in [0, 0.1) is 6.92 Å². The molecule has 10 heteroatoms. The lowest BCUT2D eigenvalue weighted by atomic mass is 10.1. The van der Waals surface area contributed by atoms with E-state index in [1.807, 2.05) is 30.5 Å². The fraction of sp³-hybridized carbons (Fsp3) is 0.333. The van der Waals surface area contributed by atoms with Crippen molar-refractivity contribution in [2.24, 2.45) is 0 Å². The van der Waals surface area contributed by atoms with E-state index in [9.17, 15) is 18.0 Å². The van der Waals surface area contributed by atoms with Crippen molar-refractivity contribution in [3.63, 3.8) is 0 Å². The van der Waals surface area contributed by atoms with Gasteiger partial charge >= 0.3 is 0 Å². The maximum atomic E-state index is 13.4. The van der Waals surface area contributed by atoms with E-state index in [1.165, 1.54) is 10.4 Å². The van der Waals surface area contributed by atoms with Gasteiger partial charge < -0.3 is 19.9 Å². The molecule has 0 saturated carbocycles. The fourth-order valence-corrected chi connectivity index (χ4v) is 6.13. The monoisotopic (exact) mass is 482 g/mol. The first-order valence-electron chi connectivity index (χ1n) is 11.2. The Hall–Kier alpha value is -3.37. The molecular formula is C24H26N4O5S. The van der Waals surface area contributed by atoms with Gasteiger partial charge in [-0.2, -0.15) is 4.31 Å². The van der Waals surface area contributed by atoms with Gasteiger partial charge in [0.05, 0.1) is 17.0 Å². The van der Waals surface area contributed by atoms with Crippen molar-refractivity contribution in [1.29, 1.82) is 0 Å². The number of aryl methyl sites for hydroxylation is 1. The van der Waals surface area contributed by atoms with Crippen LogP contribution in [0.25, 0.3) is 10.9 Å². The second kappa shape index (κ2) is 8.44. The van der Waals surface area contributed by atoms with Crippen LogP contribution in [0.15, 0.2) is 47.5 Å². The zero-order valence-corrected chi connectivity index (χ0v) is 19.8. The summed E-state index contributed by atoms with van der Waals surface area (Å²) >= 11 is 0. The number of hydrogen-bond acceptors (Lipinski definition) is 5. The van der Waals surface area contributed by atoms with Gasteiger partial charge in [-0.05, 0) is 37.1 Å². The quantitative estimate of drug-likeness (QED) is 0.593. The Morgan fingerprint density at radius 1 is 1.15 bits per heavy atom. The topological polar surface area (TPSA) is 112 Å². The van der Waals surface area contributed by atoms with Crippen LogP contribution < -0.4 is 10.1 Å². The van der Waals surface area contributed by atoms with Gasteiger partial charge in [0.15, 0.2) is 6.10 Å². The SMILES string of the molecule is Cc1cc2c(cc1S(=O)(=O)N1CCN(C(=O)Cc3c[nH]c4ccccc34)CC1)O[C@H](C)C(=O)N2. The van der Waals surface area contributed by atoms with Gasteiger partial charge in [-0.25, -0.2) is 8.42 Å². The van der Waals surface area contributed by atoms with Crippen LogP contribution >= 0.6 is 0 Å². The molecule has 9 nitrogen and oxygen atoms in total. The maximum Gasteiger partial charge on any atom is 0.265 e. The van der Waals surface area contributed by atoms with Gasteiger partial charge in [0.25, 0.3) is 5.91 Å². The summed E-state index contributed by atoms with van der Waals surface area (Å²) in [6, 6.07) is 10.9. The summed E-state index contributed by atoms with van der Waals surface area (Å²) in [5.74, 6) is 0.0460. The first kappa shape index (κ1) is 22.4. The van der Waals surface area contributed by atoms with Gasteiger partial charge in [-0.1, -0.05) is 18.2 Å². The highest BCUT2D eigenvalue weighted by Gasteiger charge is 2.33. The van der Waals surface area contributed by atoms with E-state index in [2.05, 4.69) is 10.3 Å². The summed E-state index contributed by atoms with van der Waals surface area (Å²) in [7, 11) is -3.79. The minimum absolute atomic E-state index is 0.0232. The number of nitrogens with zero attached hydrogens (tertiary/aromatic N) is 2. The second-order valence-electron chi connectivity index (χ2n) is 8.68. The molecule has 0 spiro atoms. The third-order valence-electron chi connectivity index (χ3n) is 6.43. The third-order valence-corrected chi connectivity index (χ3v) is 8.47. The van der Waals surface area contributed by atoms with Crippen LogP contribution in [0.5, 0.6) is 5.75 Å². The number of nitrogens with one attached hydrogen (secondary N) is 2. The number of anilines is 1. The highest BCUT2D eigenvalue weighted by Crippen LogP contribution is 2.35. The fourth-order valence-electron chi connectivity index (χ4n) is 4.49. The summed E-state index contributed by atoms with van der Waals surface area (Å²) < 4.78 is 33.8. The molecular weight excluding hydrogens is 456 g/mol. The lowest BCUT2D eigenvalue weighted by Crippen LogP contribution is -2.51. The highest BCUT2D eigenvalue weighted by molar-refractivity contribution is 7.89. The summed E-state index contributed by atoms with van der Waals surface area (Å²) in [6.07, 6.45) is 1.42. The smallest absolute Gasteiger partial charge is 0.265 e. The number of carbonyl (C=O) groups is 2. The number of aromatic nitrogens is 1. The number of hydrogen-bond donors (Lipinski definition) is 2. The number of H-pyrrole nitrogens is 1. The molecule has 5 rings (SSSR count). The lowest BCUT2D eigenvalue weighted by Gasteiger charge is -2.34. The van der Waals surface area contributed by atoms with Crippen molar-refractivity contribution < 1.29 is 22.7 Å². The molecule has 2 aliphatic rings. The van der Waals surface area contributed by atoms with Crippen LogP contribution in [0.1, 0.15) is 18.1 Å². The molecule has 0 unspecified atom stereocenters. The molecule has 34 heavy (non-hydrogen) atoms. The maximum absolute atomic E-state index is 13.4. The first-order valence-corrected chi connectivity index (χ1v) is 12.6. The number of fused-ring (bicyclic) bond motifs is 2. The summed E-state index contributed by atoms with van der Waals surface area (Å²) in [4.78, 5) is 29.8. The number of aromatic amines is 1. The van der Waals surface area contributed by atoms with Crippen molar-refractivity contribution >= 4 is 38.4 Å². The van der Waals surface area contributed by atoms with Crippen molar-refractivity contribution in [3.05, 3.63) is 53.7 Å². The highest BCUT2D eigenvalue weighted by atomic mass is 32.2. The van der Waals surface area contributed by atoms with Gasteiger partial charge in [-0.3, -0.25) is 9.59 Å².